The number of hydrogen-bond donors (Lipinski definition) is 1. The zero-order valence-electron chi connectivity index (χ0n) is 13.6. The number of unbranched alkanes of at least 4 members (excludes halogenated alkanes) is 3. The number of carbonyl (C=O) groups is 1. The van der Waals surface area contributed by atoms with E-state index in [0.717, 1.165) is 37.0 Å². The van der Waals surface area contributed by atoms with Gasteiger partial charge in [-0.2, -0.15) is 0 Å². The first-order chi connectivity index (χ1) is 11.2. The molecular weight excluding hydrogens is 288 g/mol. The first-order valence-electron chi connectivity index (χ1n) is 8.26. The summed E-state index contributed by atoms with van der Waals surface area (Å²) < 4.78 is 5.80. The van der Waals surface area contributed by atoms with Crippen molar-refractivity contribution in [2.75, 3.05) is 0 Å². The van der Waals surface area contributed by atoms with E-state index in [9.17, 15) is 9.90 Å². The molecule has 122 valence electrons. The van der Waals surface area contributed by atoms with Crippen molar-refractivity contribution in [3.8, 4) is 11.5 Å². The van der Waals surface area contributed by atoms with Gasteiger partial charge in [0.1, 0.15) is 11.5 Å². The Balaban J connectivity index is 2.07. The third kappa shape index (κ3) is 5.44. The van der Waals surface area contributed by atoms with Crippen LogP contribution in [0.2, 0.25) is 0 Å². The molecule has 2 aromatic carbocycles. The predicted molar refractivity (Wildman–Crippen MR) is 92.1 cm³/mol. The van der Waals surface area contributed by atoms with Gasteiger partial charge in [-0.1, -0.05) is 62.9 Å². The number of carboxylic acids is 1. The third-order valence-electron chi connectivity index (χ3n) is 3.88. The zero-order valence-corrected chi connectivity index (χ0v) is 13.6. The van der Waals surface area contributed by atoms with Crippen molar-refractivity contribution in [1.29, 1.82) is 0 Å². The highest BCUT2D eigenvalue weighted by Crippen LogP contribution is 2.28. The Kier molecular flexibility index (Phi) is 6.67. The van der Waals surface area contributed by atoms with E-state index in [1.165, 1.54) is 0 Å². The number of rotatable bonds is 9. The molecule has 0 aliphatic carbocycles. The van der Waals surface area contributed by atoms with E-state index in [2.05, 4.69) is 6.92 Å². The molecule has 0 amide bonds. The van der Waals surface area contributed by atoms with E-state index < -0.39 is 11.9 Å². The van der Waals surface area contributed by atoms with Crippen molar-refractivity contribution in [1.82, 2.24) is 0 Å². The molecule has 0 aliphatic heterocycles. The molecule has 0 aliphatic rings. The Morgan fingerprint density at radius 2 is 1.74 bits per heavy atom. The summed E-state index contributed by atoms with van der Waals surface area (Å²) in [6, 6.07) is 16.9. The van der Waals surface area contributed by atoms with Gasteiger partial charge in [0.15, 0.2) is 0 Å². The van der Waals surface area contributed by atoms with Crippen LogP contribution < -0.4 is 4.74 Å². The highest BCUT2D eigenvalue weighted by molar-refractivity contribution is 5.76. The van der Waals surface area contributed by atoms with Gasteiger partial charge in [-0.05, 0) is 36.2 Å². The lowest BCUT2D eigenvalue weighted by molar-refractivity contribution is -0.139. The van der Waals surface area contributed by atoms with Gasteiger partial charge in [0.05, 0.1) is 5.92 Å². The summed E-state index contributed by atoms with van der Waals surface area (Å²) in [5, 5.41) is 9.52. The Hall–Kier alpha value is -2.29. The van der Waals surface area contributed by atoms with Gasteiger partial charge in [-0.3, -0.25) is 4.79 Å². The molecular formula is C20H24O3. The maximum absolute atomic E-state index is 11.6. The van der Waals surface area contributed by atoms with E-state index in [1.54, 1.807) is 0 Å². The van der Waals surface area contributed by atoms with Gasteiger partial charge < -0.3 is 9.84 Å². The van der Waals surface area contributed by atoms with Gasteiger partial charge in [0, 0.05) is 0 Å². The van der Waals surface area contributed by atoms with Crippen LogP contribution in [0.25, 0.3) is 0 Å². The first-order valence-corrected chi connectivity index (χ1v) is 8.26. The maximum atomic E-state index is 11.6. The van der Waals surface area contributed by atoms with E-state index in [4.69, 9.17) is 4.74 Å². The molecule has 0 saturated carbocycles. The fraction of sp³-hybridized carbons (Fsp3) is 0.350. The average molecular weight is 312 g/mol. The molecule has 1 N–H and O–H groups in total. The van der Waals surface area contributed by atoms with Crippen molar-refractivity contribution in [3.05, 3.63) is 60.2 Å². The van der Waals surface area contributed by atoms with Crippen LogP contribution in [0.1, 0.15) is 50.5 Å². The van der Waals surface area contributed by atoms with E-state index in [1.807, 2.05) is 54.6 Å². The fourth-order valence-electron chi connectivity index (χ4n) is 2.63. The lowest BCUT2D eigenvalue weighted by Crippen LogP contribution is -2.11. The van der Waals surface area contributed by atoms with E-state index >= 15 is 0 Å². The average Bonchev–Trinajstić information content (AvgIpc) is 2.56. The maximum Gasteiger partial charge on any atom is 0.310 e. The van der Waals surface area contributed by atoms with Gasteiger partial charge in [-0.15, -0.1) is 0 Å². The van der Waals surface area contributed by atoms with Crippen molar-refractivity contribution in [3.63, 3.8) is 0 Å². The largest absolute Gasteiger partial charge is 0.481 e. The Bertz CT molecular complexity index is 607. The molecule has 0 radical (unpaired) electrons. The molecule has 0 saturated heterocycles. The van der Waals surface area contributed by atoms with Crippen LogP contribution in [0.3, 0.4) is 0 Å². The number of benzene rings is 2. The van der Waals surface area contributed by atoms with Crippen LogP contribution in [-0.4, -0.2) is 11.1 Å². The lowest BCUT2D eigenvalue weighted by Gasteiger charge is -2.14. The molecule has 0 aromatic heterocycles. The summed E-state index contributed by atoms with van der Waals surface area (Å²) in [6.45, 7) is 2.15. The minimum atomic E-state index is -0.765. The smallest absolute Gasteiger partial charge is 0.310 e. The van der Waals surface area contributed by atoms with Crippen LogP contribution in [-0.2, 0) is 4.79 Å². The lowest BCUT2D eigenvalue weighted by atomic mass is 9.93. The second kappa shape index (κ2) is 8.99. The van der Waals surface area contributed by atoms with E-state index in [0.29, 0.717) is 12.2 Å². The highest BCUT2D eigenvalue weighted by Gasteiger charge is 2.19. The quantitative estimate of drug-likeness (QED) is 0.611. The number of hydrogen-bond acceptors (Lipinski definition) is 2. The van der Waals surface area contributed by atoms with E-state index in [-0.39, 0.29) is 0 Å². The van der Waals surface area contributed by atoms with Gasteiger partial charge >= 0.3 is 5.97 Å². The normalized spacial score (nSPS) is 11.9. The topological polar surface area (TPSA) is 46.5 Å². The Morgan fingerprint density at radius 1 is 1.00 bits per heavy atom. The zero-order chi connectivity index (χ0) is 16.5. The molecule has 0 heterocycles. The van der Waals surface area contributed by atoms with Gasteiger partial charge in [0.2, 0.25) is 0 Å². The van der Waals surface area contributed by atoms with Crippen molar-refractivity contribution in [2.45, 2.75) is 44.9 Å². The van der Waals surface area contributed by atoms with Crippen molar-refractivity contribution in [2.24, 2.45) is 0 Å². The summed E-state index contributed by atoms with van der Waals surface area (Å²) in [5.74, 6) is 0.192. The molecule has 1 unspecified atom stereocenters. The molecule has 3 nitrogen and oxygen atoms in total. The molecule has 0 bridgehead atoms. The molecule has 2 rings (SSSR count). The monoisotopic (exact) mass is 312 g/mol. The summed E-state index contributed by atoms with van der Waals surface area (Å²) in [6.07, 6.45) is 5.00. The van der Waals surface area contributed by atoms with Crippen molar-refractivity contribution < 1.29 is 14.6 Å². The molecule has 2 aromatic rings. The summed E-state index contributed by atoms with van der Waals surface area (Å²) in [4.78, 5) is 11.6. The van der Waals surface area contributed by atoms with Gasteiger partial charge in [-0.25, -0.2) is 0 Å². The molecule has 0 fully saturated rings. The number of para-hydroxylation sites is 1. The molecule has 3 heteroatoms. The minimum Gasteiger partial charge on any atom is -0.481 e. The number of carboxylic acid groups (broad SMARTS) is 1. The third-order valence-corrected chi connectivity index (χ3v) is 3.88. The molecule has 1 atom stereocenters. The summed E-state index contributed by atoms with van der Waals surface area (Å²) >= 11 is 0. The van der Waals surface area contributed by atoms with Crippen LogP contribution >= 0.6 is 0 Å². The van der Waals surface area contributed by atoms with Crippen LogP contribution in [0.4, 0.5) is 0 Å². The highest BCUT2D eigenvalue weighted by atomic mass is 16.5. The van der Waals surface area contributed by atoms with Gasteiger partial charge in [0.25, 0.3) is 0 Å². The number of aliphatic carboxylic acids is 1. The summed E-state index contributed by atoms with van der Waals surface area (Å²) in [5.41, 5.74) is 0.808. The van der Waals surface area contributed by atoms with Crippen LogP contribution in [0.15, 0.2) is 54.6 Å². The second-order valence-electron chi connectivity index (χ2n) is 5.73. The molecule has 23 heavy (non-hydrogen) atoms. The summed E-state index contributed by atoms with van der Waals surface area (Å²) in [7, 11) is 0. The Morgan fingerprint density at radius 3 is 2.43 bits per heavy atom. The van der Waals surface area contributed by atoms with Crippen LogP contribution in [0.5, 0.6) is 11.5 Å². The fourth-order valence-corrected chi connectivity index (χ4v) is 2.63. The van der Waals surface area contributed by atoms with Crippen LogP contribution in [0, 0.1) is 0 Å². The standard InChI is InChI=1S/C20H24O3/c1-2-3-4-8-14-19(20(21)22)16-10-9-13-18(15-16)23-17-11-6-5-7-12-17/h5-7,9-13,15,19H,2-4,8,14H2,1H3,(H,21,22). The number of ether oxygens (including phenoxy) is 1. The Labute approximate surface area is 137 Å². The second-order valence-corrected chi connectivity index (χ2v) is 5.73. The predicted octanol–water partition coefficient (Wildman–Crippen LogP) is 5.62. The SMILES string of the molecule is CCCCCCC(C(=O)O)c1cccc(Oc2ccccc2)c1. The van der Waals surface area contributed by atoms with Crippen molar-refractivity contribution >= 4 is 5.97 Å². The first kappa shape index (κ1) is 17.1. The minimum absolute atomic E-state index is 0.467. The molecule has 0 spiro atoms.